The van der Waals surface area contributed by atoms with E-state index in [2.05, 4.69) is 24.1 Å². The van der Waals surface area contributed by atoms with E-state index in [9.17, 15) is 0 Å². The van der Waals surface area contributed by atoms with Crippen LogP contribution >= 0.6 is 0 Å². The summed E-state index contributed by atoms with van der Waals surface area (Å²) in [6.07, 6.45) is 5.25. The van der Waals surface area contributed by atoms with Crippen LogP contribution in [-0.4, -0.2) is 50.3 Å². The van der Waals surface area contributed by atoms with E-state index < -0.39 is 0 Å². The Balaban J connectivity index is 2.11. The molecule has 0 aromatic heterocycles. The summed E-state index contributed by atoms with van der Waals surface area (Å²) >= 11 is 0. The molecule has 16 heavy (non-hydrogen) atoms. The maximum Gasteiger partial charge on any atom is 0.0589 e. The minimum absolute atomic E-state index is 0.642. The second-order valence-electron chi connectivity index (χ2n) is 4.90. The molecule has 0 amide bonds. The number of hydrogen-bond donors (Lipinski definition) is 1. The maximum absolute atomic E-state index is 5.16. The van der Waals surface area contributed by atoms with E-state index in [4.69, 9.17) is 4.74 Å². The molecule has 1 unspecified atom stereocenters. The van der Waals surface area contributed by atoms with Crippen LogP contribution in [0.1, 0.15) is 39.5 Å². The van der Waals surface area contributed by atoms with Crippen LogP contribution in [0, 0.1) is 0 Å². The molecule has 3 heteroatoms. The molecule has 0 heterocycles. The van der Waals surface area contributed by atoms with Gasteiger partial charge in [0.1, 0.15) is 0 Å². The fraction of sp³-hybridized carbons (Fsp3) is 1.00. The molecule has 96 valence electrons. The average molecular weight is 228 g/mol. The van der Waals surface area contributed by atoms with Crippen LogP contribution in [0.4, 0.5) is 0 Å². The highest BCUT2D eigenvalue weighted by Gasteiger charge is 2.28. The summed E-state index contributed by atoms with van der Waals surface area (Å²) in [5.41, 5.74) is 0. The normalized spacial score (nSPS) is 18.0. The topological polar surface area (TPSA) is 24.5 Å². The number of nitrogens with one attached hydrogen (secondary N) is 1. The van der Waals surface area contributed by atoms with Crippen molar-refractivity contribution in [1.29, 1.82) is 0 Å². The molecule has 0 aromatic rings. The molecule has 0 saturated heterocycles. The van der Waals surface area contributed by atoms with E-state index in [-0.39, 0.29) is 0 Å². The van der Waals surface area contributed by atoms with Gasteiger partial charge in [0.15, 0.2) is 0 Å². The van der Waals surface area contributed by atoms with Gasteiger partial charge >= 0.3 is 0 Å². The third-order valence-corrected chi connectivity index (χ3v) is 3.24. The molecular formula is C13H28N2O. The Morgan fingerprint density at radius 1 is 1.38 bits per heavy atom. The Labute approximate surface area is 101 Å². The lowest BCUT2D eigenvalue weighted by Crippen LogP contribution is -2.35. The lowest BCUT2D eigenvalue weighted by molar-refractivity contribution is 0.140. The van der Waals surface area contributed by atoms with E-state index in [0.29, 0.717) is 6.04 Å². The molecule has 0 aromatic carbocycles. The minimum atomic E-state index is 0.642. The van der Waals surface area contributed by atoms with Crippen LogP contribution in [0.2, 0.25) is 0 Å². The summed E-state index contributed by atoms with van der Waals surface area (Å²) < 4.78 is 5.16. The summed E-state index contributed by atoms with van der Waals surface area (Å²) in [6.45, 7) is 8.83. The van der Waals surface area contributed by atoms with Crippen LogP contribution in [0.5, 0.6) is 0 Å². The first kappa shape index (κ1) is 13.9. The number of rotatable bonds is 10. The maximum atomic E-state index is 5.16. The van der Waals surface area contributed by atoms with Gasteiger partial charge in [0.25, 0.3) is 0 Å². The largest absolute Gasteiger partial charge is 0.383 e. The van der Waals surface area contributed by atoms with Gasteiger partial charge < -0.3 is 10.1 Å². The van der Waals surface area contributed by atoms with Crippen molar-refractivity contribution < 1.29 is 4.74 Å². The molecule has 1 rings (SSSR count). The van der Waals surface area contributed by atoms with Gasteiger partial charge in [0.2, 0.25) is 0 Å². The van der Waals surface area contributed by atoms with Gasteiger partial charge in [0, 0.05) is 25.7 Å². The molecule has 0 bridgehead atoms. The number of nitrogens with zero attached hydrogens (tertiary/aromatic N) is 1. The minimum Gasteiger partial charge on any atom is -0.383 e. The number of methoxy groups -OCH3 is 1. The van der Waals surface area contributed by atoms with E-state index in [1.807, 2.05) is 0 Å². The summed E-state index contributed by atoms with van der Waals surface area (Å²) in [5, 5.41) is 3.55. The number of hydrogen-bond acceptors (Lipinski definition) is 3. The van der Waals surface area contributed by atoms with Crippen molar-refractivity contribution in [2.45, 2.75) is 51.6 Å². The van der Waals surface area contributed by atoms with Crippen molar-refractivity contribution in [3.8, 4) is 0 Å². The molecule has 0 radical (unpaired) electrons. The predicted octanol–water partition coefficient (Wildman–Crippen LogP) is 1.88. The SMILES string of the molecule is CCCNC(C)CCN(CCOC)C1CC1. The van der Waals surface area contributed by atoms with Crippen LogP contribution in [0.15, 0.2) is 0 Å². The molecule has 1 aliphatic rings. The monoisotopic (exact) mass is 228 g/mol. The lowest BCUT2D eigenvalue weighted by Gasteiger charge is -2.23. The highest BCUT2D eigenvalue weighted by atomic mass is 16.5. The molecule has 1 aliphatic carbocycles. The molecular weight excluding hydrogens is 200 g/mol. The van der Waals surface area contributed by atoms with Gasteiger partial charge in [-0.1, -0.05) is 6.92 Å². The third kappa shape index (κ3) is 5.83. The van der Waals surface area contributed by atoms with Gasteiger partial charge in [0.05, 0.1) is 6.61 Å². The first-order chi connectivity index (χ1) is 7.77. The summed E-state index contributed by atoms with van der Waals surface area (Å²) in [5.74, 6) is 0. The van der Waals surface area contributed by atoms with E-state index >= 15 is 0 Å². The molecule has 1 saturated carbocycles. The predicted molar refractivity (Wildman–Crippen MR) is 68.8 cm³/mol. The molecule has 1 atom stereocenters. The Morgan fingerprint density at radius 2 is 2.12 bits per heavy atom. The van der Waals surface area contributed by atoms with Gasteiger partial charge in [-0.2, -0.15) is 0 Å². The summed E-state index contributed by atoms with van der Waals surface area (Å²) in [4.78, 5) is 2.59. The molecule has 3 nitrogen and oxygen atoms in total. The smallest absolute Gasteiger partial charge is 0.0589 e. The highest BCUT2D eigenvalue weighted by Crippen LogP contribution is 2.26. The quantitative estimate of drug-likeness (QED) is 0.618. The first-order valence-corrected chi connectivity index (χ1v) is 6.74. The summed E-state index contributed by atoms with van der Waals surface area (Å²) in [7, 11) is 1.79. The zero-order valence-electron chi connectivity index (χ0n) is 11.2. The van der Waals surface area contributed by atoms with Gasteiger partial charge in [-0.3, -0.25) is 4.90 Å². The van der Waals surface area contributed by atoms with Crippen LogP contribution in [0.3, 0.4) is 0 Å². The van der Waals surface area contributed by atoms with Crippen molar-refractivity contribution >= 4 is 0 Å². The van der Waals surface area contributed by atoms with E-state index in [0.717, 1.165) is 25.7 Å². The second kappa shape index (κ2) is 8.04. The number of ether oxygens (including phenoxy) is 1. The van der Waals surface area contributed by atoms with Gasteiger partial charge in [-0.25, -0.2) is 0 Å². The van der Waals surface area contributed by atoms with Crippen LogP contribution in [-0.2, 0) is 4.74 Å². The Hall–Kier alpha value is -0.120. The van der Waals surface area contributed by atoms with Gasteiger partial charge in [-0.15, -0.1) is 0 Å². The Bertz CT molecular complexity index is 171. The molecule has 1 N–H and O–H groups in total. The molecule has 0 spiro atoms. The lowest BCUT2D eigenvalue weighted by atomic mass is 10.2. The zero-order valence-corrected chi connectivity index (χ0v) is 11.2. The van der Waals surface area contributed by atoms with Crippen molar-refractivity contribution in [2.24, 2.45) is 0 Å². The van der Waals surface area contributed by atoms with Crippen molar-refractivity contribution in [3.63, 3.8) is 0 Å². The zero-order chi connectivity index (χ0) is 11.8. The molecule has 1 fully saturated rings. The van der Waals surface area contributed by atoms with Crippen LogP contribution in [0.25, 0.3) is 0 Å². The fourth-order valence-corrected chi connectivity index (χ4v) is 1.98. The Morgan fingerprint density at radius 3 is 2.69 bits per heavy atom. The standard InChI is InChI=1S/C13H28N2O/c1-4-8-14-12(2)7-9-15(10-11-16-3)13-5-6-13/h12-14H,4-11H2,1-3H3. The second-order valence-corrected chi connectivity index (χ2v) is 4.90. The highest BCUT2D eigenvalue weighted by molar-refractivity contribution is 4.84. The average Bonchev–Trinajstić information content (AvgIpc) is 3.10. The van der Waals surface area contributed by atoms with Crippen molar-refractivity contribution in [1.82, 2.24) is 10.2 Å². The van der Waals surface area contributed by atoms with E-state index in [1.54, 1.807) is 7.11 Å². The summed E-state index contributed by atoms with van der Waals surface area (Å²) in [6, 6.07) is 1.50. The van der Waals surface area contributed by atoms with Crippen LogP contribution < -0.4 is 5.32 Å². The molecule has 0 aliphatic heterocycles. The van der Waals surface area contributed by atoms with Gasteiger partial charge in [-0.05, 0) is 45.7 Å². The van der Waals surface area contributed by atoms with Crippen molar-refractivity contribution in [3.05, 3.63) is 0 Å². The Kier molecular flexibility index (Phi) is 7.01. The fourth-order valence-electron chi connectivity index (χ4n) is 1.98. The first-order valence-electron chi connectivity index (χ1n) is 6.74. The third-order valence-electron chi connectivity index (χ3n) is 3.24. The van der Waals surface area contributed by atoms with E-state index in [1.165, 1.54) is 32.2 Å². The van der Waals surface area contributed by atoms with Crippen molar-refractivity contribution in [2.75, 3.05) is 33.4 Å².